The van der Waals surface area contributed by atoms with Crippen molar-refractivity contribution in [1.29, 1.82) is 0 Å². The maximum Gasteiger partial charge on any atom is 0.306 e. The zero-order valence-corrected chi connectivity index (χ0v) is 11.9. The summed E-state index contributed by atoms with van der Waals surface area (Å²) < 4.78 is 5.18. The number of rotatable bonds is 11. The summed E-state index contributed by atoms with van der Waals surface area (Å²) in [4.78, 5) is 11.6. The molecular formula is C14H29NO3. The fraction of sp³-hybridized carbons (Fsp3) is 0.929. The molecule has 0 aliphatic rings. The number of hydrogen-bond donors (Lipinski definition) is 2. The number of esters is 1. The van der Waals surface area contributed by atoms with Crippen LogP contribution in [0.25, 0.3) is 0 Å². The van der Waals surface area contributed by atoms with Gasteiger partial charge in [-0.3, -0.25) is 4.79 Å². The predicted molar refractivity (Wildman–Crippen MR) is 73.1 cm³/mol. The number of aliphatic hydroxyl groups is 1. The van der Waals surface area contributed by atoms with Gasteiger partial charge in [-0.25, -0.2) is 0 Å². The van der Waals surface area contributed by atoms with E-state index in [1.807, 2.05) is 0 Å². The molecule has 0 aliphatic heterocycles. The van der Waals surface area contributed by atoms with Gasteiger partial charge < -0.3 is 15.6 Å². The second-order valence-corrected chi connectivity index (χ2v) is 5.29. The minimum absolute atomic E-state index is 0.131. The standard InChI is InChI=1S/C14H29NO3/c1-12(2)9-13(11-15)10-14(17)18-8-6-4-3-5-7-16/h12-13,16H,3-11,15H2,1-2H3/t13-/m0/s1. The Balaban J connectivity index is 3.56. The summed E-state index contributed by atoms with van der Waals surface area (Å²) in [6.07, 6.45) is 5.11. The molecule has 0 aliphatic carbocycles. The predicted octanol–water partition coefficient (Wildman–Crippen LogP) is 2.09. The SMILES string of the molecule is CC(C)C[C@H](CN)CC(=O)OCCCCCCO. The molecule has 1 atom stereocenters. The third-order valence-electron chi connectivity index (χ3n) is 2.91. The van der Waals surface area contributed by atoms with Crippen LogP contribution >= 0.6 is 0 Å². The van der Waals surface area contributed by atoms with Crippen molar-refractivity contribution in [3.05, 3.63) is 0 Å². The van der Waals surface area contributed by atoms with Gasteiger partial charge in [-0.05, 0) is 44.1 Å². The summed E-state index contributed by atoms with van der Waals surface area (Å²) in [7, 11) is 0. The Morgan fingerprint density at radius 3 is 2.44 bits per heavy atom. The maximum absolute atomic E-state index is 11.6. The molecule has 4 nitrogen and oxygen atoms in total. The molecule has 0 aromatic heterocycles. The molecule has 0 fully saturated rings. The van der Waals surface area contributed by atoms with Gasteiger partial charge in [-0.15, -0.1) is 0 Å². The summed E-state index contributed by atoms with van der Waals surface area (Å²) >= 11 is 0. The Morgan fingerprint density at radius 1 is 1.22 bits per heavy atom. The molecule has 0 amide bonds. The zero-order chi connectivity index (χ0) is 13.8. The first-order chi connectivity index (χ1) is 8.60. The molecule has 3 N–H and O–H groups in total. The molecule has 0 aromatic rings. The van der Waals surface area contributed by atoms with Crippen LogP contribution in [-0.2, 0) is 9.53 Å². The lowest BCUT2D eigenvalue weighted by atomic mass is 9.94. The minimum atomic E-state index is -0.131. The quantitative estimate of drug-likeness (QED) is 0.440. The lowest BCUT2D eigenvalue weighted by Crippen LogP contribution is -2.21. The average Bonchev–Trinajstić information content (AvgIpc) is 2.32. The van der Waals surface area contributed by atoms with Crippen LogP contribution in [0.3, 0.4) is 0 Å². The Bertz CT molecular complexity index is 207. The summed E-state index contributed by atoms with van der Waals surface area (Å²) in [5.41, 5.74) is 5.65. The van der Waals surface area contributed by atoms with Crippen molar-refractivity contribution in [3.63, 3.8) is 0 Å². The van der Waals surface area contributed by atoms with Crippen LogP contribution in [0.1, 0.15) is 52.4 Å². The van der Waals surface area contributed by atoms with E-state index in [9.17, 15) is 4.79 Å². The number of unbranched alkanes of at least 4 members (excludes halogenated alkanes) is 3. The van der Waals surface area contributed by atoms with Gasteiger partial charge in [0, 0.05) is 13.0 Å². The van der Waals surface area contributed by atoms with Crippen LogP contribution in [0, 0.1) is 11.8 Å². The number of carbonyl (C=O) groups excluding carboxylic acids is 1. The van der Waals surface area contributed by atoms with Crippen molar-refractivity contribution in [2.75, 3.05) is 19.8 Å². The molecule has 0 aromatic carbocycles. The highest BCUT2D eigenvalue weighted by molar-refractivity contribution is 5.69. The molecule has 0 bridgehead atoms. The van der Waals surface area contributed by atoms with Crippen molar-refractivity contribution in [2.24, 2.45) is 17.6 Å². The lowest BCUT2D eigenvalue weighted by Gasteiger charge is -2.16. The van der Waals surface area contributed by atoms with Gasteiger partial charge >= 0.3 is 5.97 Å². The Morgan fingerprint density at radius 2 is 1.89 bits per heavy atom. The second-order valence-electron chi connectivity index (χ2n) is 5.29. The first-order valence-electron chi connectivity index (χ1n) is 7.06. The third kappa shape index (κ3) is 10.5. The zero-order valence-electron chi connectivity index (χ0n) is 11.9. The molecule has 0 rings (SSSR count). The highest BCUT2D eigenvalue weighted by Crippen LogP contribution is 2.15. The third-order valence-corrected chi connectivity index (χ3v) is 2.91. The van der Waals surface area contributed by atoms with Crippen LogP contribution in [0.4, 0.5) is 0 Å². The van der Waals surface area contributed by atoms with E-state index in [-0.39, 0.29) is 18.5 Å². The van der Waals surface area contributed by atoms with Crippen LogP contribution in [0.2, 0.25) is 0 Å². The van der Waals surface area contributed by atoms with E-state index in [1.165, 1.54) is 0 Å². The van der Waals surface area contributed by atoms with Gasteiger partial charge in [-0.1, -0.05) is 20.3 Å². The highest BCUT2D eigenvalue weighted by atomic mass is 16.5. The molecule has 4 heteroatoms. The molecule has 0 unspecified atom stereocenters. The van der Waals surface area contributed by atoms with Crippen LogP contribution in [0.5, 0.6) is 0 Å². The summed E-state index contributed by atoms with van der Waals surface area (Å²) in [6.45, 7) is 5.55. The van der Waals surface area contributed by atoms with E-state index in [4.69, 9.17) is 15.6 Å². The van der Waals surface area contributed by atoms with E-state index in [0.29, 0.717) is 25.5 Å². The van der Waals surface area contributed by atoms with E-state index in [2.05, 4.69) is 13.8 Å². The van der Waals surface area contributed by atoms with Crippen LogP contribution < -0.4 is 5.73 Å². The van der Waals surface area contributed by atoms with Crippen molar-refractivity contribution in [1.82, 2.24) is 0 Å². The number of aliphatic hydroxyl groups excluding tert-OH is 1. The highest BCUT2D eigenvalue weighted by Gasteiger charge is 2.14. The molecule has 18 heavy (non-hydrogen) atoms. The molecule has 108 valence electrons. The Hall–Kier alpha value is -0.610. The monoisotopic (exact) mass is 259 g/mol. The molecule has 0 heterocycles. The number of carbonyl (C=O) groups is 1. The Kier molecular flexibility index (Phi) is 11.1. The van der Waals surface area contributed by atoms with E-state index in [0.717, 1.165) is 32.1 Å². The first-order valence-corrected chi connectivity index (χ1v) is 7.06. The second kappa shape index (κ2) is 11.5. The topological polar surface area (TPSA) is 72.6 Å². The summed E-state index contributed by atoms with van der Waals surface area (Å²) in [6, 6.07) is 0. The van der Waals surface area contributed by atoms with Gasteiger partial charge in [0.15, 0.2) is 0 Å². The molecule has 0 spiro atoms. The first kappa shape index (κ1) is 17.4. The summed E-state index contributed by atoms with van der Waals surface area (Å²) in [5.74, 6) is 0.671. The van der Waals surface area contributed by atoms with Gasteiger partial charge in [0.1, 0.15) is 0 Å². The normalized spacial score (nSPS) is 12.7. The average molecular weight is 259 g/mol. The fourth-order valence-corrected chi connectivity index (χ4v) is 1.98. The number of nitrogens with two attached hydrogens (primary N) is 1. The smallest absolute Gasteiger partial charge is 0.306 e. The molecule has 0 radical (unpaired) electrons. The maximum atomic E-state index is 11.6. The van der Waals surface area contributed by atoms with Crippen molar-refractivity contribution in [2.45, 2.75) is 52.4 Å². The van der Waals surface area contributed by atoms with Crippen LogP contribution in [0.15, 0.2) is 0 Å². The largest absolute Gasteiger partial charge is 0.466 e. The van der Waals surface area contributed by atoms with Gasteiger partial charge in [-0.2, -0.15) is 0 Å². The number of ether oxygens (including phenoxy) is 1. The van der Waals surface area contributed by atoms with E-state index >= 15 is 0 Å². The summed E-state index contributed by atoms with van der Waals surface area (Å²) in [5, 5.41) is 8.61. The van der Waals surface area contributed by atoms with E-state index < -0.39 is 0 Å². The van der Waals surface area contributed by atoms with Crippen molar-refractivity contribution in [3.8, 4) is 0 Å². The molecule has 0 saturated carbocycles. The Labute approximate surface area is 111 Å². The molecule has 0 saturated heterocycles. The minimum Gasteiger partial charge on any atom is -0.466 e. The van der Waals surface area contributed by atoms with Crippen LogP contribution in [-0.4, -0.2) is 30.8 Å². The van der Waals surface area contributed by atoms with Gasteiger partial charge in [0.25, 0.3) is 0 Å². The lowest BCUT2D eigenvalue weighted by molar-refractivity contribution is -0.144. The van der Waals surface area contributed by atoms with Gasteiger partial charge in [0.05, 0.1) is 6.61 Å². The number of hydrogen-bond acceptors (Lipinski definition) is 4. The fourth-order valence-electron chi connectivity index (χ4n) is 1.98. The van der Waals surface area contributed by atoms with E-state index in [1.54, 1.807) is 0 Å². The van der Waals surface area contributed by atoms with Crippen molar-refractivity contribution < 1.29 is 14.6 Å². The van der Waals surface area contributed by atoms with Gasteiger partial charge in [0.2, 0.25) is 0 Å². The van der Waals surface area contributed by atoms with Crippen molar-refractivity contribution >= 4 is 5.97 Å². The molecular weight excluding hydrogens is 230 g/mol.